The van der Waals surface area contributed by atoms with Crippen molar-refractivity contribution < 1.29 is 9.15 Å². The summed E-state index contributed by atoms with van der Waals surface area (Å²) >= 11 is 1.97. The fourth-order valence-corrected chi connectivity index (χ4v) is 2.84. The number of methoxy groups -OCH3 is 1. The highest BCUT2D eigenvalue weighted by molar-refractivity contribution is 8.00. The summed E-state index contributed by atoms with van der Waals surface area (Å²) in [4.78, 5) is 0. The van der Waals surface area contributed by atoms with E-state index in [1.54, 1.807) is 7.11 Å². The van der Waals surface area contributed by atoms with Crippen molar-refractivity contribution in [2.75, 3.05) is 19.4 Å². The predicted octanol–water partition coefficient (Wildman–Crippen LogP) is 4.06. The number of benzene rings is 1. The number of fused-ring (bicyclic) bond motifs is 1. The molecular formula is C16H23NO2S. The van der Waals surface area contributed by atoms with Crippen molar-refractivity contribution >= 4 is 22.7 Å². The van der Waals surface area contributed by atoms with Gasteiger partial charge in [-0.15, -0.1) is 0 Å². The molecule has 3 nitrogen and oxygen atoms in total. The van der Waals surface area contributed by atoms with E-state index in [9.17, 15) is 0 Å². The molecule has 0 fully saturated rings. The summed E-state index contributed by atoms with van der Waals surface area (Å²) in [6, 6.07) is 8.01. The maximum absolute atomic E-state index is 5.84. The fourth-order valence-electron chi connectivity index (χ4n) is 1.98. The zero-order valence-corrected chi connectivity index (χ0v) is 13.5. The van der Waals surface area contributed by atoms with Crippen LogP contribution in [0, 0.1) is 0 Å². The number of rotatable bonds is 6. The number of para-hydroxylation sites is 1. The number of hydrogen-bond acceptors (Lipinski definition) is 4. The number of furan rings is 1. The molecule has 2 rings (SSSR count). The number of thioether (sulfide) groups is 1. The molecule has 0 aliphatic carbocycles. The average molecular weight is 293 g/mol. The molecule has 0 saturated carbocycles. The average Bonchev–Trinajstić information content (AvgIpc) is 2.79. The molecule has 0 atom stereocenters. The normalized spacial score (nSPS) is 12.0. The van der Waals surface area contributed by atoms with E-state index in [4.69, 9.17) is 9.15 Å². The van der Waals surface area contributed by atoms with E-state index in [0.29, 0.717) is 4.75 Å². The van der Waals surface area contributed by atoms with Crippen LogP contribution in [-0.4, -0.2) is 24.2 Å². The quantitative estimate of drug-likeness (QED) is 0.814. The number of nitrogens with one attached hydrogen (secondary N) is 1. The van der Waals surface area contributed by atoms with E-state index < -0.39 is 0 Å². The van der Waals surface area contributed by atoms with Crippen molar-refractivity contribution in [1.82, 2.24) is 5.32 Å². The summed E-state index contributed by atoms with van der Waals surface area (Å²) in [6.45, 7) is 8.45. The van der Waals surface area contributed by atoms with Crippen molar-refractivity contribution in [1.29, 1.82) is 0 Å². The van der Waals surface area contributed by atoms with Gasteiger partial charge in [-0.3, -0.25) is 0 Å². The molecule has 110 valence electrons. The Morgan fingerprint density at radius 2 is 2.10 bits per heavy atom. The van der Waals surface area contributed by atoms with Crippen molar-refractivity contribution in [3.63, 3.8) is 0 Å². The Balaban J connectivity index is 1.88. The molecule has 20 heavy (non-hydrogen) atoms. The highest BCUT2D eigenvalue weighted by Crippen LogP contribution is 2.28. The van der Waals surface area contributed by atoms with E-state index in [1.165, 1.54) is 0 Å². The minimum absolute atomic E-state index is 0.328. The van der Waals surface area contributed by atoms with Gasteiger partial charge in [-0.2, -0.15) is 11.8 Å². The lowest BCUT2D eigenvalue weighted by Crippen LogP contribution is -2.19. The summed E-state index contributed by atoms with van der Waals surface area (Å²) in [6.07, 6.45) is 0. The van der Waals surface area contributed by atoms with Crippen molar-refractivity contribution in [3.8, 4) is 5.75 Å². The lowest BCUT2D eigenvalue weighted by atomic mass is 10.2. The second-order valence-electron chi connectivity index (χ2n) is 5.73. The van der Waals surface area contributed by atoms with Gasteiger partial charge in [0.1, 0.15) is 5.76 Å². The summed E-state index contributed by atoms with van der Waals surface area (Å²) in [7, 11) is 1.67. The van der Waals surface area contributed by atoms with E-state index in [-0.39, 0.29) is 0 Å². The predicted molar refractivity (Wildman–Crippen MR) is 86.7 cm³/mol. The largest absolute Gasteiger partial charge is 0.493 e. The van der Waals surface area contributed by atoms with Gasteiger partial charge in [0.05, 0.1) is 13.7 Å². The van der Waals surface area contributed by atoms with Crippen LogP contribution in [-0.2, 0) is 6.54 Å². The lowest BCUT2D eigenvalue weighted by Gasteiger charge is -2.17. The Hall–Kier alpha value is -1.13. The van der Waals surface area contributed by atoms with Gasteiger partial charge in [-0.1, -0.05) is 32.9 Å². The van der Waals surface area contributed by atoms with Gasteiger partial charge in [0.25, 0.3) is 0 Å². The minimum atomic E-state index is 0.328. The van der Waals surface area contributed by atoms with Gasteiger partial charge < -0.3 is 14.5 Å². The van der Waals surface area contributed by atoms with E-state index >= 15 is 0 Å². The molecule has 2 aromatic rings. The SMILES string of the molecule is COc1cccc2cc(CNCCSC(C)(C)C)oc12. The summed E-state index contributed by atoms with van der Waals surface area (Å²) < 4.78 is 11.5. The first-order chi connectivity index (χ1) is 9.49. The Bertz CT molecular complexity index is 557. The first kappa shape index (κ1) is 15.3. The molecule has 1 aromatic heterocycles. The van der Waals surface area contributed by atoms with Crippen LogP contribution in [0.3, 0.4) is 0 Å². The van der Waals surface area contributed by atoms with Crippen LogP contribution in [0.15, 0.2) is 28.7 Å². The molecule has 1 aromatic carbocycles. The van der Waals surface area contributed by atoms with Crippen LogP contribution in [0.2, 0.25) is 0 Å². The second kappa shape index (κ2) is 6.55. The highest BCUT2D eigenvalue weighted by Gasteiger charge is 2.10. The first-order valence-corrected chi connectivity index (χ1v) is 7.88. The Morgan fingerprint density at radius 1 is 1.30 bits per heavy atom. The maximum atomic E-state index is 5.84. The number of ether oxygens (including phenoxy) is 1. The van der Waals surface area contributed by atoms with E-state index in [2.05, 4.69) is 32.2 Å². The molecule has 0 bridgehead atoms. The monoisotopic (exact) mass is 293 g/mol. The van der Waals surface area contributed by atoms with Crippen LogP contribution >= 0.6 is 11.8 Å². The first-order valence-electron chi connectivity index (χ1n) is 6.90. The molecule has 0 aliphatic rings. The van der Waals surface area contributed by atoms with Crippen LogP contribution < -0.4 is 10.1 Å². The molecule has 0 amide bonds. The van der Waals surface area contributed by atoms with Gasteiger partial charge in [0, 0.05) is 22.4 Å². The third-order valence-electron chi connectivity index (χ3n) is 2.89. The van der Waals surface area contributed by atoms with E-state index in [0.717, 1.165) is 41.3 Å². The summed E-state index contributed by atoms with van der Waals surface area (Å²) in [5.74, 6) is 2.84. The number of hydrogen-bond donors (Lipinski definition) is 1. The summed E-state index contributed by atoms with van der Waals surface area (Å²) in [5, 5.41) is 4.51. The fraction of sp³-hybridized carbons (Fsp3) is 0.500. The van der Waals surface area contributed by atoms with Crippen LogP contribution in [0.25, 0.3) is 11.0 Å². The second-order valence-corrected chi connectivity index (χ2v) is 7.65. The molecule has 0 saturated heterocycles. The summed E-state index contributed by atoms with van der Waals surface area (Å²) in [5.41, 5.74) is 0.830. The molecular weight excluding hydrogens is 270 g/mol. The van der Waals surface area contributed by atoms with E-state index in [1.807, 2.05) is 30.0 Å². The van der Waals surface area contributed by atoms with Gasteiger partial charge in [0.15, 0.2) is 11.3 Å². The molecule has 1 heterocycles. The highest BCUT2D eigenvalue weighted by atomic mass is 32.2. The van der Waals surface area contributed by atoms with Gasteiger partial charge in [-0.25, -0.2) is 0 Å². The molecule has 0 radical (unpaired) electrons. The van der Waals surface area contributed by atoms with Crippen molar-refractivity contribution in [2.24, 2.45) is 0 Å². The van der Waals surface area contributed by atoms with Crippen LogP contribution in [0.5, 0.6) is 5.75 Å². The standard InChI is InChI=1S/C16H23NO2S/c1-16(2,3)20-9-8-17-11-13-10-12-6-5-7-14(18-4)15(12)19-13/h5-7,10,17H,8-9,11H2,1-4H3. The lowest BCUT2D eigenvalue weighted by molar-refractivity contribution is 0.406. The minimum Gasteiger partial charge on any atom is -0.493 e. The van der Waals surface area contributed by atoms with Gasteiger partial charge >= 0.3 is 0 Å². The smallest absolute Gasteiger partial charge is 0.176 e. The molecule has 0 aliphatic heterocycles. The Labute approximate surface area is 125 Å². The van der Waals surface area contributed by atoms with Crippen LogP contribution in [0.1, 0.15) is 26.5 Å². The maximum Gasteiger partial charge on any atom is 0.176 e. The third-order valence-corrected chi connectivity index (χ3v) is 4.17. The molecule has 4 heteroatoms. The van der Waals surface area contributed by atoms with Crippen LogP contribution in [0.4, 0.5) is 0 Å². The van der Waals surface area contributed by atoms with Gasteiger partial charge in [-0.05, 0) is 12.1 Å². The zero-order valence-electron chi connectivity index (χ0n) is 12.7. The third kappa shape index (κ3) is 4.18. The molecule has 0 spiro atoms. The van der Waals surface area contributed by atoms with Crippen molar-refractivity contribution in [2.45, 2.75) is 32.1 Å². The Morgan fingerprint density at radius 3 is 2.80 bits per heavy atom. The van der Waals surface area contributed by atoms with Gasteiger partial charge in [0.2, 0.25) is 0 Å². The topological polar surface area (TPSA) is 34.4 Å². The molecule has 1 N–H and O–H groups in total. The Kier molecular flexibility index (Phi) is 5.00. The molecule has 0 unspecified atom stereocenters. The zero-order chi connectivity index (χ0) is 14.6. The van der Waals surface area contributed by atoms with Crippen molar-refractivity contribution in [3.05, 3.63) is 30.0 Å².